The van der Waals surface area contributed by atoms with Crippen LogP contribution < -0.4 is 10.3 Å². The van der Waals surface area contributed by atoms with Crippen molar-refractivity contribution in [3.8, 4) is 11.4 Å². The van der Waals surface area contributed by atoms with Crippen LogP contribution >= 0.6 is 23.5 Å². The van der Waals surface area contributed by atoms with Crippen molar-refractivity contribution in [3.05, 3.63) is 40.3 Å². The van der Waals surface area contributed by atoms with Crippen molar-refractivity contribution in [2.24, 2.45) is 0 Å². The topological polar surface area (TPSA) is 64.4 Å². The maximum absolute atomic E-state index is 13.4. The van der Waals surface area contributed by atoms with Gasteiger partial charge in [0.05, 0.1) is 29.1 Å². The number of carbonyl (C=O) groups is 1. The molecular formula is C23H29N3O3S2. The molecule has 0 radical (unpaired) electrons. The quantitative estimate of drug-likeness (QED) is 0.477. The van der Waals surface area contributed by atoms with Crippen LogP contribution in [0.1, 0.15) is 45.2 Å². The first kappa shape index (κ1) is 22.3. The van der Waals surface area contributed by atoms with Crippen molar-refractivity contribution >= 4 is 29.4 Å². The summed E-state index contributed by atoms with van der Waals surface area (Å²) < 4.78 is 6.91. The van der Waals surface area contributed by atoms with Gasteiger partial charge in [-0.15, -0.1) is 11.8 Å². The number of aromatic nitrogens is 2. The van der Waals surface area contributed by atoms with Gasteiger partial charge < -0.3 is 9.64 Å². The number of ether oxygens (including phenoxy) is 1. The van der Waals surface area contributed by atoms with Gasteiger partial charge in [0, 0.05) is 24.3 Å². The average Bonchev–Trinajstić information content (AvgIpc) is 3.18. The predicted octanol–water partition coefficient (Wildman–Crippen LogP) is 4.16. The van der Waals surface area contributed by atoms with Crippen LogP contribution in [-0.4, -0.2) is 51.1 Å². The molecule has 2 aliphatic rings. The monoisotopic (exact) mass is 459 g/mol. The number of carbonyl (C=O) groups excluding carboxylic acids is 1. The smallest absolute Gasteiger partial charge is 0.272 e. The summed E-state index contributed by atoms with van der Waals surface area (Å²) in [6, 6.07) is 7.73. The van der Waals surface area contributed by atoms with E-state index in [9.17, 15) is 9.59 Å². The lowest BCUT2D eigenvalue weighted by atomic mass is 10.0. The first-order valence-corrected chi connectivity index (χ1v) is 12.8. The van der Waals surface area contributed by atoms with Crippen LogP contribution in [0.4, 0.5) is 0 Å². The minimum absolute atomic E-state index is 0.0520. The highest BCUT2D eigenvalue weighted by atomic mass is 32.2. The van der Waals surface area contributed by atoms with Crippen molar-refractivity contribution in [3.63, 3.8) is 0 Å². The standard InChI is InChI=1S/C23H29N3O3S2/c1-4-16-7-5-6-12-25(16)20(27)14-30-23-24-19-13-15(2)31-21(19)22(28)26(23)17-8-10-18(29-3)11-9-17/h8-11,15-16H,4-7,12-14H2,1-3H3. The Morgan fingerprint density at radius 1 is 1.29 bits per heavy atom. The van der Waals surface area contributed by atoms with E-state index in [1.807, 2.05) is 29.2 Å². The summed E-state index contributed by atoms with van der Waals surface area (Å²) in [6.45, 7) is 5.09. The number of amides is 1. The lowest BCUT2D eigenvalue weighted by molar-refractivity contribution is -0.132. The summed E-state index contributed by atoms with van der Waals surface area (Å²) in [5, 5.41) is 0.919. The second kappa shape index (κ2) is 9.69. The van der Waals surface area contributed by atoms with E-state index < -0.39 is 0 Å². The number of hydrogen-bond donors (Lipinski definition) is 0. The highest BCUT2D eigenvalue weighted by Gasteiger charge is 2.29. The zero-order valence-electron chi connectivity index (χ0n) is 18.3. The highest BCUT2D eigenvalue weighted by molar-refractivity contribution is 8.00. The number of likely N-dealkylation sites (tertiary alicyclic amines) is 1. The van der Waals surface area contributed by atoms with E-state index in [2.05, 4.69) is 13.8 Å². The van der Waals surface area contributed by atoms with Crippen LogP contribution in [0.25, 0.3) is 5.69 Å². The molecule has 1 fully saturated rings. The Morgan fingerprint density at radius 3 is 2.77 bits per heavy atom. The molecule has 2 unspecified atom stereocenters. The molecule has 0 saturated carbocycles. The number of fused-ring (bicyclic) bond motifs is 1. The second-order valence-electron chi connectivity index (χ2n) is 8.08. The molecule has 1 amide bonds. The maximum atomic E-state index is 13.4. The zero-order chi connectivity index (χ0) is 22.0. The van der Waals surface area contributed by atoms with Gasteiger partial charge in [0.1, 0.15) is 5.75 Å². The van der Waals surface area contributed by atoms with Gasteiger partial charge in [-0.3, -0.25) is 14.2 Å². The van der Waals surface area contributed by atoms with Gasteiger partial charge in [-0.25, -0.2) is 4.98 Å². The van der Waals surface area contributed by atoms with E-state index in [1.165, 1.54) is 18.2 Å². The molecule has 4 rings (SSSR count). The maximum Gasteiger partial charge on any atom is 0.272 e. The van der Waals surface area contributed by atoms with Gasteiger partial charge in [0.25, 0.3) is 5.56 Å². The number of methoxy groups -OCH3 is 1. The Labute approximate surface area is 191 Å². The molecule has 31 heavy (non-hydrogen) atoms. The first-order valence-electron chi connectivity index (χ1n) is 10.9. The summed E-state index contributed by atoms with van der Waals surface area (Å²) in [7, 11) is 1.62. The predicted molar refractivity (Wildman–Crippen MR) is 126 cm³/mol. The molecule has 1 aromatic carbocycles. The van der Waals surface area contributed by atoms with Crippen molar-refractivity contribution in [1.82, 2.24) is 14.5 Å². The summed E-state index contributed by atoms with van der Waals surface area (Å²) in [4.78, 5) is 34.0. The first-order chi connectivity index (χ1) is 15.0. The Morgan fingerprint density at radius 2 is 2.06 bits per heavy atom. The van der Waals surface area contributed by atoms with Crippen LogP contribution in [0.15, 0.2) is 39.1 Å². The fraction of sp³-hybridized carbons (Fsp3) is 0.522. The SMILES string of the molecule is CCC1CCCCN1C(=O)CSc1nc2c(c(=O)n1-c1ccc(OC)cc1)SC(C)C2. The van der Waals surface area contributed by atoms with E-state index in [-0.39, 0.29) is 11.5 Å². The number of piperidine rings is 1. The molecule has 2 aliphatic heterocycles. The molecule has 1 aromatic heterocycles. The number of thioether (sulfide) groups is 2. The van der Waals surface area contributed by atoms with Crippen molar-refractivity contribution in [1.29, 1.82) is 0 Å². The van der Waals surface area contributed by atoms with Crippen molar-refractivity contribution in [2.75, 3.05) is 19.4 Å². The summed E-state index contributed by atoms with van der Waals surface area (Å²) >= 11 is 2.96. The van der Waals surface area contributed by atoms with Gasteiger partial charge in [0.2, 0.25) is 5.91 Å². The Balaban J connectivity index is 1.64. The van der Waals surface area contributed by atoms with E-state index in [1.54, 1.807) is 23.4 Å². The number of nitrogens with zero attached hydrogens (tertiary/aromatic N) is 3. The average molecular weight is 460 g/mol. The molecule has 0 N–H and O–H groups in total. The molecule has 2 atom stereocenters. The van der Waals surface area contributed by atoms with E-state index in [0.717, 1.165) is 54.3 Å². The number of rotatable bonds is 6. The highest BCUT2D eigenvalue weighted by Crippen LogP contribution is 2.35. The molecule has 2 aromatic rings. The summed E-state index contributed by atoms with van der Waals surface area (Å²) in [5.41, 5.74) is 1.54. The summed E-state index contributed by atoms with van der Waals surface area (Å²) in [6.07, 6.45) is 5.10. The van der Waals surface area contributed by atoms with Crippen LogP contribution in [-0.2, 0) is 11.2 Å². The molecule has 8 heteroatoms. The van der Waals surface area contributed by atoms with E-state index in [0.29, 0.717) is 22.2 Å². The molecule has 0 spiro atoms. The molecular weight excluding hydrogens is 430 g/mol. The Bertz CT molecular complexity index is 1010. The zero-order valence-corrected chi connectivity index (χ0v) is 19.9. The van der Waals surface area contributed by atoms with Gasteiger partial charge in [-0.1, -0.05) is 25.6 Å². The number of benzene rings is 1. The normalized spacial score (nSPS) is 20.5. The Kier molecular flexibility index (Phi) is 6.96. The van der Waals surface area contributed by atoms with Crippen molar-refractivity contribution in [2.45, 2.75) is 67.3 Å². The van der Waals surface area contributed by atoms with Gasteiger partial charge in [-0.2, -0.15) is 0 Å². The lowest BCUT2D eigenvalue weighted by Gasteiger charge is -2.35. The van der Waals surface area contributed by atoms with Crippen LogP contribution in [0.3, 0.4) is 0 Å². The lowest BCUT2D eigenvalue weighted by Crippen LogP contribution is -2.44. The third kappa shape index (κ3) is 4.65. The van der Waals surface area contributed by atoms with Crippen LogP contribution in [0.2, 0.25) is 0 Å². The molecule has 1 saturated heterocycles. The summed E-state index contributed by atoms with van der Waals surface area (Å²) in [5.74, 6) is 1.16. The minimum atomic E-state index is -0.0520. The number of hydrogen-bond acceptors (Lipinski definition) is 6. The third-order valence-corrected chi connectivity index (χ3v) is 8.09. The Hall–Kier alpha value is -1.93. The molecule has 0 aliphatic carbocycles. The molecule has 3 heterocycles. The van der Waals surface area contributed by atoms with E-state index >= 15 is 0 Å². The third-order valence-electron chi connectivity index (χ3n) is 5.96. The van der Waals surface area contributed by atoms with E-state index in [4.69, 9.17) is 9.72 Å². The van der Waals surface area contributed by atoms with Gasteiger partial charge >= 0.3 is 0 Å². The van der Waals surface area contributed by atoms with Gasteiger partial charge in [-0.05, 0) is 49.9 Å². The molecule has 0 bridgehead atoms. The van der Waals surface area contributed by atoms with Crippen LogP contribution in [0.5, 0.6) is 5.75 Å². The largest absolute Gasteiger partial charge is 0.497 e. The molecule has 166 valence electrons. The fourth-order valence-corrected chi connectivity index (χ4v) is 6.33. The minimum Gasteiger partial charge on any atom is -0.497 e. The molecule has 6 nitrogen and oxygen atoms in total. The second-order valence-corrected chi connectivity index (χ2v) is 10.5. The fourth-order valence-electron chi connectivity index (χ4n) is 4.32. The van der Waals surface area contributed by atoms with Gasteiger partial charge in [0.15, 0.2) is 5.16 Å². The van der Waals surface area contributed by atoms with Crippen molar-refractivity contribution < 1.29 is 9.53 Å². The van der Waals surface area contributed by atoms with Crippen LogP contribution in [0, 0.1) is 0 Å².